The molecule has 1 aromatic heterocycles. The molecule has 1 N–H and O–H groups in total. The summed E-state index contributed by atoms with van der Waals surface area (Å²) in [6.45, 7) is 1.41. The average molecular weight is 271 g/mol. The quantitative estimate of drug-likeness (QED) is 0.907. The van der Waals surface area contributed by atoms with Crippen molar-refractivity contribution in [3.05, 3.63) is 34.4 Å². The minimum absolute atomic E-state index is 0.184. The summed E-state index contributed by atoms with van der Waals surface area (Å²) in [5.41, 5.74) is 1.25. The first-order valence-corrected chi connectivity index (χ1v) is 6.00. The van der Waals surface area contributed by atoms with Gasteiger partial charge in [0.2, 0.25) is 5.91 Å². The van der Waals surface area contributed by atoms with E-state index in [9.17, 15) is 9.18 Å². The lowest BCUT2D eigenvalue weighted by Gasteiger charge is -2.00. The molecule has 0 atom stereocenters. The lowest BCUT2D eigenvalue weighted by atomic mass is 10.2. The predicted octanol–water partition coefficient (Wildman–Crippen LogP) is 3.56. The van der Waals surface area contributed by atoms with Gasteiger partial charge in [0.25, 0.3) is 0 Å². The van der Waals surface area contributed by atoms with E-state index in [1.165, 1.54) is 30.4 Å². The van der Waals surface area contributed by atoms with Crippen LogP contribution in [0.5, 0.6) is 0 Å². The zero-order valence-corrected chi connectivity index (χ0v) is 10.4. The number of rotatable bonds is 2. The molecular weight excluding hydrogens is 263 g/mol. The fourth-order valence-corrected chi connectivity index (χ4v) is 2.32. The molecule has 0 aliphatic heterocycles. The third-order valence-electron chi connectivity index (χ3n) is 1.99. The Morgan fingerprint density at radius 1 is 1.53 bits per heavy atom. The standard InChI is InChI=1S/C11H8ClFN2OS/c1-6(16)14-11-15-10(5-17-11)8-3-2-7(13)4-9(8)12/h2-5H,1H3,(H,14,15,16). The van der Waals surface area contributed by atoms with Crippen molar-refractivity contribution in [2.24, 2.45) is 0 Å². The van der Waals surface area contributed by atoms with Gasteiger partial charge in [-0.1, -0.05) is 11.6 Å². The van der Waals surface area contributed by atoms with E-state index in [0.29, 0.717) is 21.4 Å². The van der Waals surface area contributed by atoms with Gasteiger partial charge in [-0.15, -0.1) is 11.3 Å². The van der Waals surface area contributed by atoms with E-state index in [1.54, 1.807) is 11.4 Å². The second-order valence-corrected chi connectivity index (χ2v) is 4.61. The summed E-state index contributed by atoms with van der Waals surface area (Å²) in [5.74, 6) is -0.577. The number of benzene rings is 1. The Labute approximate surface area is 106 Å². The molecule has 6 heteroatoms. The zero-order valence-electron chi connectivity index (χ0n) is 8.83. The zero-order chi connectivity index (χ0) is 12.4. The van der Waals surface area contributed by atoms with E-state index in [2.05, 4.69) is 10.3 Å². The summed E-state index contributed by atoms with van der Waals surface area (Å²) in [7, 11) is 0. The van der Waals surface area contributed by atoms with Crippen LogP contribution in [0.15, 0.2) is 23.6 Å². The lowest BCUT2D eigenvalue weighted by Crippen LogP contribution is -2.04. The molecule has 3 nitrogen and oxygen atoms in total. The van der Waals surface area contributed by atoms with Crippen LogP contribution >= 0.6 is 22.9 Å². The number of carbonyl (C=O) groups is 1. The maximum Gasteiger partial charge on any atom is 0.223 e. The molecule has 0 bridgehead atoms. The monoisotopic (exact) mass is 270 g/mol. The number of aromatic nitrogens is 1. The third kappa shape index (κ3) is 2.81. The predicted molar refractivity (Wildman–Crippen MR) is 66.8 cm³/mol. The largest absolute Gasteiger partial charge is 0.302 e. The smallest absolute Gasteiger partial charge is 0.223 e. The number of hydrogen-bond donors (Lipinski definition) is 1. The molecule has 0 unspecified atom stereocenters. The average Bonchev–Trinajstić information content (AvgIpc) is 2.65. The normalized spacial score (nSPS) is 10.3. The number of carbonyl (C=O) groups excluding carboxylic acids is 1. The molecule has 0 radical (unpaired) electrons. The van der Waals surface area contributed by atoms with E-state index in [-0.39, 0.29) is 5.91 Å². The molecule has 0 spiro atoms. The van der Waals surface area contributed by atoms with Crippen molar-refractivity contribution >= 4 is 34.0 Å². The highest BCUT2D eigenvalue weighted by Crippen LogP contribution is 2.30. The SMILES string of the molecule is CC(=O)Nc1nc(-c2ccc(F)cc2Cl)cs1. The molecule has 0 saturated carbocycles. The van der Waals surface area contributed by atoms with Crippen molar-refractivity contribution in [3.8, 4) is 11.3 Å². The Kier molecular flexibility index (Phi) is 3.40. The van der Waals surface area contributed by atoms with Crippen LogP contribution in [0, 0.1) is 5.82 Å². The minimum atomic E-state index is -0.393. The summed E-state index contributed by atoms with van der Waals surface area (Å²) >= 11 is 7.21. The Hall–Kier alpha value is -1.46. The third-order valence-corrected chi connectivity index (χ3v) is 3.06. The summed E-state index contributed by atoms with van der Waals surface area (Å²) in [6, 6.07) is 4.11. The van der Waals surface area contributed by atoms with Gasteiger partial charge in [0.1, 0.15) is 5.82 Å². The van der Waals surface area contributed by atoms with Gasteiger partial charge < -0.3 is 5.32 Å². The molecule has 88 valence electrons. The molecule has 2 aromatic rings. The number of thiazole rings is 1. The van der Waals surface area contributed by atoms with Gasteiger partial charge in [0.05, 0.1) is 10.7 Å². The lowest BCUT2D eigenvalue weighted by molar-refractivity contribution is -0.114. The van der Waals surface area contributed by atoms with Gasteiger partial charge >= 0.3 is 0 Å². The van der Waals surface area contributed by atoms with E-state index >= 15 is 0 Å². The summed E-state index contributed by atoms with van der Waals surface area (Å²) in [6.07, 6.45) is 0. The Bertz CT molecular complexity index is 570. The van der Waals surface area contributed by atoms with E-state index < -0.39 is 5.82 Å². The molecule has 1 aromatic carbocycles. The van der Waals surface area contributed by atoms with Crippen molar-refractivity contribution in [3.63, 3.8) is 0 Å². The number of nitrogens with zero attached hydrogens (tertiary/aromatic N) is 1. The maximum atomic E-state index is 12.9. The molecule has 1 heterocycles. The van der Waals surface area contributed by atoms with Gasteiger partial charge in [-0.25, -0.2) is 9.37 Å². The van der Waals surface area contributed by atoms with E-state index in [1.807, 2.05) is 0 Å². The van der Waals surface area contributed by atoms with Crippen LogP contribution in [0.3, 0.4) is 0 Å². The summed E-state index contributed by atoms with van der Waals surface area (Å²) in [4.78, 5) is 15.0. The maximum absolute atomic E-state index is 12.9. The Balaban J connectivity index is 2.33. The highest BCUT2D eigenvalue weighted by molar-refractivity contribution is 7.14. The van der Waals surface area contributed by atoms with Crippen LogP contribution in [0.25, 0.3) is 11.3 Å². The van der Waals surface area contributed by atoms with Crippen molar-refractivity contribution in [2.45, 2.75) is 6.92 Å². The van der Waals surface area contributed by atoms with Crippen LogP contribution in [0.4, 0.5) is 9.52 Å². The molecule has 0 aliphatic rings. The van der Waals surface area contributed by atoms with Crippen LogP contribution in [-0.2, 0) is 4.79 Å². The second kappa shape index (κ2) is 4.81. The van der Waals surface area contributed by atoms with Gasteiger partial charge in [0, 0.05) is 17.9 Å². The molecule has 2 rings (SSSR count). The number of hydrogen-bond acceptors (Lipinski definition) is 3. The minimum Gasteiger partial charge on any atom is -0.302 e. The highest BCUT2D eigenvalue weighted by Gasteiger charge is 2.09. The topological polar surface area (TPSA) is 42.0 Å². The Morgan fingerprint density at radius 3 is 2.94 bits per heavy atom. The highest BCUT2D eigenvalue weighted by atomic mass is 35.5. The van der Waals surface area contributed by atoms with Crippen LogP contribution in [0.2, 0.25) is 5.02 Å². The molecule has 0 fully saturated rings. The van der Waals surface area contributed by atoms with Crippen LogP contribution in [0.1, 0.15) is 6.92 Å². The number of halogens is 2. The first-order valence-electron chi connectivity index (χ1n) is 4.75. The van der Waals surface area contributed by atoms with Gasteiger partial charge in [-0.3, -0.25) is 4.79 Å². The van der Waals surface area contributed by atoms with Crippen molar-refractivity contribution in [1.82, 2.24) is 4.98 Å². The van der Waals surface area contributed by atoms with E-state index in [0.717, 1.165) is 0 Å². The molecule has 17 heavy (non-hydrogen) atoms. The van der Waals surface area contributed by atoms with Crippen molar-refractivity contribution < 1.29 is 9.18 Å². The summed E-state index contributed by atoms with van der Waals surface area (Å²) in [5, 5.41) is 5.12. The molecule has 1 amide bonds. The fourth-order valence-electron chi connectivity index (χ4n) is 1.30. The summed E-state index contributed by atoms with van der Waals surface area (Å²) < 4.78 is 12.9. The van der Waals surface area contributed by atoms with Crippen LogP contribution < -0.4 is 5.32 Å². The first kappa shape index (κ1) is 12.0. The number of nitrogens with one attached hydrogen (secondary N) is 1. The molecule has 0 aliphatic carbocycles. The van der Waals surface area contributed by atoms with Crippen molar-refractivity contribution in [1.29, 1.82) is 0 Å². The van der Waals surface area contributed by atoms with Gasteiger partial charge in [-0.2, -0.15) is 0 Å². The Morgan fingerprint density at radius 2 is 2.29 bits per heavy atom. The van der Waals surface area contributed by atoms with E-state index in [4.69, 9.17) is 11.6 Å². The first-order chi connectivity index (χ1) is 8.06. The van der Waals surface area contributed by atoms with Gasteiger partial charge in [0.15, 0.2) is 5.13 Å². The molecule has 0 saturated heterocycles. The van der Waals surface area contributed by atoms with Gasteiger partial charge in [-0.05, 0) is 18.2 Å². The fraction of sp³-hybridized carbons (Fsp3) is 0.0909. The second-order valence-electron chi connectivity index (χ2n) is 3.34. The van der Waals surface area contributed by atoms with Crippen molar-refractivity contribution in [2.75, 3.05) is 5.32 Å². The molecular formula is C11H8ClFN2OS. The number of anilines is 1. The van der Waals surface area contributed by atoms with Crippen LogP contribution in [-0.4, -0.2) is 10.9 Å². The number of amides is 1.